The second-order valence-electron chi connectivity index (χ2n) is 7.02. The van der Waals surface area contributed by atoms with Gasteiger partial charge in [0.25, 0.3) is 0 Å². The maximum Gasteiger partial charge on any atom is 0.0406 e. The van der Waals surface area contributed by atoms with Gasteiger partial charge in [-0.15, -0.1) is 0 Å². The zero-order valence-corrected chi connectivity index (χ0v) is 13.9. The van der Waals surface area contributed by atoms with E-state index in [0.29, 0.717) is 12.0 Å². The Morgan fingerprint density at radius 1 is 0.909 bits per heavy atom. The molecule has 0 radical (unpaired) electrons. The molecule has 4 heteroatoms. The smallest absolute Gasteiger partial charge is 0.0406 e. The van der Waals surface area contributed by atoms with Crippen molar-refractivity contribution in [2.45, 2.75) is 37.3 Å². The molecule has 4 rings (SSSR count). The molecule has 0 bridgehead atoms. The number of nitrogens with zero attached hydrogens (tertiary/aromatic N) is 2. The first-order valence-electron chi connectivity index (χ1n) is 8.75. The number of hydrogen-bond donors (Lipinski definition) is 1. The van der Waals surface area contributed by atoms with Crippen LogP contribution in [-0.2, 0) is 0 Å². The lowest BCUT2D eigenvalue weighted by Crippen LogP contribution is -2.55. The first kappa shape index (κ1) is 14.9. The van der Waals surface area contributed by atoms with Crippen molar-refractivity contribution in [3.63, 3.8) is 0 Å². The van der Waals surface area contributed by atoms with Crippen LogP contribution in [0.2, 0.25) is 5.02 Å². The maximum atomic E-state index is 6.06. The topological polar surface area (TPSA) is 18.5 Å². The van der Waals surface area contributed by atoms with Gasteiger partial charge in [-0.3, -0.25) is 9.80 Å². The molecule has 2 unspecified atom stereocenters. The van der Waals surface area contributed by atoms with Crippen molar-refractivity contribution in [2.24, 2.45) is 0 Å². The average Bonchev–Trinajstić information content (AvgIpc) is 3.41. The highest BCUT2D eigenvalue weighted by Gasteiger charge is 2.36. The van der Waals surface area contributed by atoms with Crippen LogP contribution in [0.1, 0.15) is 30.7 Å². The molecule has 1 aliphatic carbocycles. The van der Waals surface area contributed by atoms with E-state index < -0.39 is 0 Å². The number of hydrogen-bond acceptors (Lipinski definition) is 3. The van der Waals surface area contributed by atoms with Crippen LogP contribution in [0.15, 0.2) is 24.3 Å². The highest BCUT2D eigenvalue weighted by Crippen LogP contribution is 2.32. The van der Waals surface area contributed by atoms with Crippen molar-refractivity contribution < 1.29 is 0 Å². The molecule has 3 aliphatic rings. The molecule has 3 nitrogen and oxygen atoms in total. The Balaban J connectivity index is 1.45. The van der Waals surface area contributed by atoms with Crippen molar-refractivity contribution in [1.29, 1.82) is 0 Å². The summed E-state index contributed by atoms with van der Waals surface area (Å²) >= 11 is 6.06. The number of piperidine rings is 1. The lowest BCUT2D eigenvalue weighted by atomic mass is 9.85. The predicted octanol–water partition coefficient (Wildman–Crippen LogP) is 2.57. The molecule has 0 amide bonds. The van der Waals surface area contributed by atoms with Crippen molar-refractivity contribution >= 4 is 11.6 Å². The van der Waals surface area contributed by atoms with E-state index in [4.69, 9.17) is 11.6 Å². The maximum absolute atomic E-state index is 6.06. The zero-order valence-electron chi connectivity index (χ0n) is 13.2. The molecular weight excluding hydrogens is 294 g/mol. The van der Waals surface area contributed by atoms with Crippen LogP contribution in [0.4, 0.5) is 0 Å². The van der Waals surface area contributed by atoms with Gasteiger partial charge in [0.05, 0.1) is 0 Å². The van der Waals surface area contributed by atoms with E-state index in [-0.39, 0.29) is 0 Å². The fraction of sp³-hybridized carbons (Fsp3) is 0.667. The van der Waals surface area contributed by atoms with Gasteiger partial charge in [-0.05, 0) is 43.5 Å². The van der Waals surface area contributed by atoms with Crippen LogP contribution in [0, 0.1) is 0 Å². The molecule has 3 fully saturated rings. The van der Waals surface area contributed by atoms with Gasteiger partial charge in [0.2, 0.25) is 0 Å². The minimum atomic E-state index is 0.596. The molecule has 2 atom stereocenters. The van der Waals surface area contributed by atoms with Gasteiger partial charge in [0, 0.05) is 55.7 Å². The summed E-state index contributed by atoms with van der Waals surface area (Å²) in [7, 11) is 0. The van der Waals surface area contributed by atoms with E-state index in [9.17, 15) is 0 Å². The highest BCUT2D eigenvalue weighted by molar-refractivity contribution is 6.30. The molecular formula is C18H26ClN3. The largest absolute Gasteiger partial charge is 0.316 e. The monoisotopic (exact) mass is 319 g/mol. The van der Waals surface area contributed by atoms with Gasteiger partial charge in [-0.25, -0.2) is 0 Å². The van der Waals surface area contributed by atoms with Crippen molar-refractivity contribution in [3.05, 3.63) is 34.9 Å². The summed E-state index contributed by atoms with van der Waals surface area (Å²) in [5, 5.41) is 4.42. The van der Waals surface area contributed by atoms with Crippen molar-refractivity contribution in [1.82, 2.24) is 15.1 Å². The molecule has 120 valence electrons. The third-order valence-corrected chi connectivity index (χ3v) is 5.88. The highest BCUT2D eigenvalue weighted by atomic mass is 35.5. The Kier molecular flexibility index (Phi) is 4.40. The van der Waals surface area contributed by atoms with Gasteiger partial charge in [-0.2, -0.15) is 0 Å². The minimum absolute atomic E-state index is 0.596. The predicted molar refractivity (Wildman–Crippen MR) is 91.6 cm³/mol. The van der Waals surface area contributed by atoms with Crippen LogP contribution >= 0.6 is 11.6 Å². The van der Waals surface area contributed by atoms with E-state index in [1.54, 1.807) is 0 Å². The lowest BCUT2D eigenvalue weighted by Gasteiger charge is -2.44. The first-order valence-corrected chi connectivity index (χ1v) is 9.13. The molecule has 0 spiro atoms. The molecule has 1 saturated carbocycles. The third kappa shape index (κ3) is 3.18. The first-order chi connectivity index (χ1) is 10.8. The molecule has 2 saturated heterocycles. The fourth-order valence-corrected chi connectivity index (χ4v) is 4.33. The van der Waals surface area contributed by atoms with E-state index in [0.717, 1.165) is 24.2 Å². The Labute approximate surface area is 138 Å². The second kappa shape index (κ2) is 6.48. The van der Waals surface area contributed by atoms with Crippen LogP contribution < -0.4 is 5.32 Å². The van der Waals surface area contributed by atoms with Crippen LogP contribution in [-0.4, -0.2) is 61.2 Å². The normalized spacial score (nSPS) is 31.3. The lowest BCUT2D eigenvalue weighted by molar-refractivity contribution is 0.0684. The van der Waals surface area contributed by atoms with E-state index >= 15 is 0 Å². The number of rotatable bonds is 3. The van der Waals surface area contributed by atoms with Gasteiger partial charge in [0.1, 0.15) is 0 Å². The quantitative estimate of drug-likeness (QED) is 0.924. The van der Waals surface area contributed by atoms with Gasteiger partial charge >= 0.3 is 0 Å². The van der Waals surface area contributed by atoms with Crippen LogP contribution in [0.3, 0.4) is 0 Å². The summed E-state index contributed by atoms with van der Waals surface area (Å²) in [6.45, 7) is 7.26. The summed E-state index contributed by atoms with van der Waals surface area (Å²) in [5.74, 6) is 0.596. The van der Waals surface area contributed by atoms with Gasteiger partial charge < -0.3 is 5.32 Å². The van der Waals surface area contributed by atoms with E-state index in [2.05, 4.69) is 27.2 Å². The average molecular weight is 320 g/mol. The fourth-order valence-electron chi connectivity index (χ4n) is 4.21. The summed E-state index contributed by atoms with van der Waals surface area (Å²) < 4.78 is 0. The summed E-state index contributed by atoms with van der Waals surface area (Å²) in [6, 6.07) is 10.1. The Morgan fingerprint density at radius 3 is 2.27 bits per heavy atom. The molecule has 2 aliphatic heterocycles. The van der Waals surface area contributed by atoms with Crippen molar-refractivity contribution in [2.75, 3.05) is 39.3 Å². The number of halogens is 1. The zero-order chi connectivity index (χ0) is 14.9. The van der Waals surface area contributed by atoms with Crippen LogP contribution in [0.5, 0.6) is 0 Å². The van der Waals surface area contributed by atoms with E-state index in [1.165, 1.54) is 51.0 Å². The number of piperazine rings is 1. The van der Waals surface area contributed by atoms with Crippen LogP contribution in [0.25, 0.3) is 0 Å². The van der Waals surface area contributed by atoms with Gasteiger partial charge in [-0.1, -0.05) is 23.7 Å². The van der Waals surface area contributed by atoms with Gasteiger partial charge in [0.15, 0.2) is 0 Å². The Morgan fingerprint density at radius 2 is 1.59 bits per heavy atom. The number of benzene rings is 1. The number of nitrogens with one attached hydrogen (secondary N) is 1. The Hall–Kier alpha value is -0.610. The molecule has 22 heavy (non-hydrogen) atoms. The standard InChI is InChI=1S/C18H26ClN3/c19-15-3-1-14(2-4-15)17-13-20-8-7-18(17)22-11-9-21(10-12-22)16-5-6-16/h1-4,16-18,20H,5-13H2. The second-order valence-corrected chi connectivity index (χ2v) is 7.46. The molecule has 0 aromatic heterocycles. The summed E-state index contributed by atoms with van der Waals surface area (Å²) in [5.41, 5.74) is 1.44. The molecule has 1 aromatic rings. The molecule has 2 heterocycles. The summed E-state index contributed by atoms with van der Waals surface area (Å²) in [6.07, 6.45) is 4.12. The molecule has 1 aromatic carbocycles. The minimum Gasteiger partial charge on any atom is -0.316 e. The third-order valence-electron chi connectivity index (χ3n) is 5.62. The van der Waals surface area contributed by atoms with E-state index in [1.807, 2.05) is 12.1 Å². The van der Waals surface area contributed by atoms with Crippen molar-refractivity contribution in [3.8, 4) is 0 Å². The SMILES string of the molecule is Clc1ccc(C2CNCCC2N2CCN(C3CC3)CC2)cc1. The Bertz CT molecular complexity index is 492. The molecule has 1 N–H and O–H groups in total. The summed E-state index contributed by atoms with van der Waals surface area (Å²) in [4.78, 5) is 5.45.